The number of rotatable bonds is 7. The minimum absolute atomic E-state index is 0.0521. The van der Waals surface area contributed by atoms with Crippen molar-refractivity contribution in [3.63, 3.8) is 0 Å². The Kier molecular flexibility index (Phi) is 6.61. The Balaban J connectivity index is 1.52. The molecule has 0 radical (unpaired) electrons. The molecular formula is C23H25FN4O2. The molecule has 1 aromatic heterocycles. The van der Waals surface area contributed by atoms with E-state index in [1.807, 2.05) is 43.7 Å². The van der Waals surface area contributed by atoms with Crippen LogP contribution in [0, 0.1) is 19.7 Å². The van der Waals surface area contributed by atoms with E-state index in [0.29, 0.717) is 24.2 Å². The van der Waals surface area contributed by atoms with E-state index < -0.39 is 0 Å². The third-order valence-corrected chi connectivity index (χ3v) is 4.81. The maximum atomic E-state index is 13.0. The largest absolute Gasteiger partial charge is 0.350 e. The van der Waals surface area contributed by atoms with Crippen LogP contribution in [-0.2, 0) is 11.3 Å². The number of carbonyl (C=O) groups is 2. The second kappa shape index (κ2) is 9.35. The van der Waals surface area contributed by atoms with Crippen molar-refractivity contribution < 1.29 is 14.0 Å². The Hall–Kier alpha value is -3.48. The highest BCUT2D eigenvalue weighted by molar-refractivity contribution is 6.04. The molecule has 0 saturated carbocycles. The zero-order valence-electron chi connectivity index (χ0n) is 17.3. The number of anilines is 1. The molecule has 0 bridgehead atoms. The molecule has 0 saturated heterocycles. The van der Waals surface area contributed by atoms with Gasteiger partial charge in [-0.3, -0.25) is 14.3 Å². The van der Waals surface area contributed by atoms with Crippen molar-refractivity contribution in [1.29, 1.82) is 0 Å². The Morgan fingerprint density at radius 2 is 1.73 bits per heavy atom. The van der Waals surface area contributed by atoms with E-state index in [2.05, 4.69) is 15.7 Å². The molecule has 7 heteroatoms. The summed E-state index contributed by atoms with van der Waals surface area (Å²) in [6, 6.07) is 14.4. The molecule has 3 aromatic rings. The van der Waals surface area contributed by atoms with Gasteiger partial charge in [-0.25, -0.2) is 4.39 Å². The molecule has 6 nitrogen and oxygen atoms in total. The number of nitrogens with zero attached hydrogens (tertiary/aromatic N) is 2. The summed E-state index contributed by atoms with van der Waals surface area (Å²) in [5.74, 6) is -0.751. The number of carbonyl (C=O) groups excluding carboxylic acids is 2. The van der Waals surface area contributed by atoms with Crippen LogP contribution in [0.25, 0.3) is 0 Å². The molecule has 0 fully saturated rings. The van der Waals surface area contributed by atoms with Crippen LogP contribution in [0.5, 0.6) is 0 Å². The van der Waals surface area contributed by atoms with Crippen LogP contribution in [0.2, 0.25) is 0 Å². The number of hydrogen-bond acceptors (Lipinski definition) is 3. The van der Waals surface area contributed by atoms with Gasteiger partial charge in [-0.15, -0.1) is 0 Å². The van der Waals surface area contributed by atoms with Gasteiger partial charge in [-0.05, 0) is 68.8 Å². The van der Waals surface area contributed by atoms with Gasteiger partial charge in [-0.2, -0.15) is 5.10 Å². The van der Waals surface area contributed by atoms with Crippen LogP contribution in [-0.4, -0.2) is 21.6 Å². The summed E-state index contributed by atoms with van der Waals surface area (Å²) in [6.45, 7) is 6.34. The van der Waals surface area contributed by atoms with Gasteiger partial charge < -0.3 is 10.6 Å². The monoisotopic (exact) mass is 408 g/mol. The summed E-state index contributed by atoms with van der Waals surface area (Å²) < 4.78 is 14.8. The second-order valence-electron chi connectivity index (χ2n) is 7.27. The van der Waals surface area contributed by atoms with E-state index in [9.17, 15) is 14.0 Å². The first-order chi connectivity index (χ1) is 14.3. The van der Waals surface area contributed by atoms with E-state index >= 15 is 0 Å². The molecule has 0 aliphatic carbocycles. The molecule has 1 heterocycles. The van der Waals surface area contributed by atoms with E-state index in [1.54, 1.807) is 12.1 Å². The molecule has 30 heavy (non-hydrogen) atoms. The number of benzene rings is 2. The topological polar surface area (TPSA) is 76.0 Å². The summed E-state index contributed by atoms with van der Waals surface area (Å²) in [7, 11) is 0. The standard InChI is InChI=1S/C23H25FN4O2/c1-15-14-16(2)28(27-15)13-12-22(29)25-17(3)18-6-10-21(11-7-18)26-23(30)19-4-8-20(24)9-5-19/h4-11,14,17H,12-13H2,1-3H3,(H,25,29)(H,26,30). The van der Waals surface area contributed by atoms with Gasteiger partial charge in [0.2, 0.25) is 5.91 Å². The van der Waals surface area contributed by atoms with Gasteiger partial charge in [0.15, 0.2) is 0 Å². The first-order valence-corrected chi connectivity index (χ1v) is 9.79. The van der Waals surface area contributed by atoms with Crippen molar-refractivity contribution in [2.24, 2.45) is 0 Å². The minimum atomic E-state index is -0.387. The molecule has 2 aromatic carbocycles. The van der Waals surface area contributed by atoms with Crippen molar-refractivity contribution >= 4 is 17.5 Å². The predicted octanol–water partition coefficient (Wildman–Crippen LogP) is 4.16. The van der Waals surface area contributed by atoms with Crippen molar-refractivity contribution in [3.8, 4) is 0 Å². The predicted molar refractivity (Wildman–Crippen MR) is 114 cm³/mol. The first kappa shape index (κ1) is 21.2. The number of aryl methyl sites for hydroxylation is 3. The Labute approximate surface area is 175 Å². The SMILES string of the molecule is Cc1cc(C)n(CCC(=O)NC(C)c2ccc(NC(=O)c3ccc(F)cc3)cc2)n1. The van der Waals surface area contributed by atoms with E-state index in [0.717, 1.165) is 17.0 Å². The maximum Gasteiger partial charge on any atom is 0.255 e. The molecule has 1 unspecified atom stereocenters. The molecular weight excluding hydrogens is 383 g/mol. The molecule has 2 N–H and O–H groups in total. The molecule has 3 rings (SSSR count). The number of halogens is 1. The van der Waals surface area contributed by atoms with E-state index in [-0.39, 0.29) is 23.7 Å². The fourth-order valence-electron chi connectivity index (χ4n) is 3.17. The maximum absolute atomic E-state index is 13.0. The van der Waals surface area contributed by atoms with Crippen LogP contribution in [0.4, 0.5) is 10.1 Å². The van der Waals surface area contributed by atoms with Crippen molar-refractivity contribution in [2.45, 2.75) is 39.8 Å². The van der Waals surface area contributed by atoms with Crippen LogP contribution in [0.15, 0.2) is 54.6 Å². The van der Waals surface area contributed by atoms with Crippen LogP contribution < -0.4 is 10.6 Å². The number of amides is 2. The molecule has 0 spiro atoms. The van der Waals surface area contributed by atoms with Crippen LogP contribution >= 0.6 is 0 Å². The lowest BCUT2D eigenvalue weighted by molar-refractivity contribution is -0.122. The summed E-state index contributed by atoms with van der Waals surface area (Å²) in [5.41, 5.74) is 3.90. The van der Waals surface area contributed by atoms with Crippen molar-refractivity contribution in [3.05, 3.63) is 82.9 Å². The fourth-order valence-corrected chi connectivity index (χ4v) is 3.17. The highest BCUT2D eigenvalue weighted by Crippen LogP contribution is 2.17. The van der Waals surface area contributed by atoms with Crippen LogP contribution in [0.1, 0.15) is 46.7 Å². The average Bonchev–Trinajstić information content (AvgIpc) is 3.04. The number of nitrogens with one attached hydrogen (secondary N) is 2. The molecule has 2 amide bonds. The van der Waals surface area contributed by atoms with E-state index in [1.165, 1.54) is 24.3 Å². The Morgan fingerprint density at radius 1 is 1.07 bits per heavy atom. The summed E-state index contributed by atoms with van der Waals surface area (Å²) in [5, 5.41) is 10.1. The third kappa shape index (κ3) is 5.53. The fraction of sp³-hybridized carbons (Fsp3) is 0.261. The van der Waals surface area contributed by atoms with Crippen molar-refractivity contribution in [1.82, 2.24) is 15.1 Å². The van der Waals surface area contributed by atoms with Gasteiger partial charge in [0.05, 0.1) is 11.7 Å². The van der Waals surface area contributed by atoms with Gasteiger partial charge in [0.25, 0.3) is 5.91 Å². The summed E-state index contributed by atoms with van der Waals surface area (Å²) >= 11 is 0. The highest BCUT2D eigenvalue weighted by Gasteiger charge is 2.12. The number of hydrogen-bond donors (Lipinski definition) is 2. The zero-order valence-corrected chi connectivity index (χ0v) is 17.3. The Morgan fingerprint density at radius 3 is 2.33 bits per heavy atom. The molecule has 156 valence electrons. The lowest BCUT2D eigenvalue weighted by atomic mass is 10.1. The second-order valence-corrected chi connectivity index (χ2v) is 7.27. The van der Waals surface area contributed by atoms with E-state index in [4.69, 9.17) is 0 Å². The molecule has 1 atom stereocenters. The van der Waals surface area contributed by atoms with Crippen molar-refractivity contribution in [2.75, 3.05) is 5.32 Å². The van der Waals surface area contributed by atoms with Gasteiger partial charge in [0, 0.05) is 29.9 Å². The normalized spacial score (nSPS) is 11.7. The quantitative estimate of drug-likeness (QED) is 0.616. The third-order valence-electron chi connectivity index (χ3n) is 4.81. The average molecular weight is 408 g/mol. The van der Waals surface area contributed by atoms with Gasteiger partial charge in [-0.1, -0.05) is 12.1 Å². The van der Waals surface area contributed by atoms with Crippen LogP contribution in [0.3, 0.4) is 0 Å². The summed E-state index contributed by atoms with van der Waals surface area (Å²) in [6.07, 6.45) is 0.345. The zero-order chi connectivity index (χ0) is 21.7. The number of aromatic nitrogens is 2. The highest BCUT2D eigenvalue weighted by atomic mass is 19.1. The molecule has 0 aliphatic rings. The lowest BCUT2D eigenvalue weighted by Crippen LogP contribution is -2.27. The first-order valence-electron chi connectivity index (χ1n) is 9.79. The lowest BCUT2D eigenvalue weighted by Gasteiger charge is -2.15. The van der Waals surface area contributed by atoms with Gasteiger partial charge >= 0.3 is 0 Å². The summed E-state index contributed by atoms with van der Waals surface area (Å²) in [4.78, 5) is 24.5. The molecule has 0 aliphatic heterocycles. The minimum Gasteiger partial charge on any atom is -0.350 e. The van der Waals surface area contributed by atoms with Gasteiger partial charge in [0.1, 0.15) is 5.82 Å². The Bertz CT molecular complexity index is 1030. The smallest absolute Gasteiger partial charge is 0.255 e.